The van der Waals surface area contributed by atoms with Crippen molar-refractivity contribution in [2.24, 2.45) is 23.1 Å². The summed E-state index contributed by atoms with van der Waals surface area (Å²) in [7, 11) is 0. The van der Waals surface area contributed by atoms with Crippen LogP contribution in [-0.4, -0.2) is 65.3 Å². The van der Waals surface area contributed by atoms with Gasteiger partial charge in [0.2, 0.25) is 29.5 Å². The van der Waals surface area contributed by atoms with Crippen molar-refractivity contribution in [2.75, 3.05) is 6.54 Å². The number of carboxylic acids is 1. The van der Waals surface area contributed by atoms with Crippen LogP contribution in [0.4, 0.5) is 0 Å². The molecule has 0 spiro atoms. The van der Waals surface area contributed by atoms with Gasteiger partial charge in [0.25, 0.3) is 0 Å². The van der Waals surface area contributed by atoms with Gasteiger partial charge >= 0.3 is 5.97 Å². The molecule has 0 radical (unpaired) electrons. The number of primary amides is 2. The first kappa shape index (κ1) is 24.8. The number of carboxylic acid groups (broad SMARTS) is 1. The summed E-state index contributed by atoms with van der Waals surface area (Å²) in [4.78, 5) is 69.7. The molecule has 0 aliphatic carbocycles. The molecule has 3 atom stereocenters. The minimum Gasteiger partial charge on any atom is -0.480 e. The molecule has 0 aliphatic rings. The fraction of sp³-hybridized carbons (Fsp3) is 0.600. The smallest absolute Gasteiger partial charge is 0.326 e. The zero-order chi connectivity index (χ0) is 22.0. The van der Waals surface area contributed by atoms with E-state index in [-0.39, 0.29) is 0 Å². The van der Waals surface area contributed by atoms with Gasteiger partial charge in [0.15, 0.2) is 0 Å². The molecule has 13 nitrogen and oxygen atoms in total. The van der Waals surface area contributed by atoms with Crippen LogP contribution in [0, 0.1) is 5.92 Å². The van der Waals surface area contributed by atoms with E-state index in [2.05, 4.69) is 16.0 Å². The molecule has 0 fully saturated rings. The molecule has 10 N–H and O–H groups in total. The van der Waals surface area contributed by atoms with Crippen LogP contribution < -0.4 is 33.2 Å². The van der Waals surface area contributed by atoms with Crippen molar-refractivity contribution in [1.82, 2.24) is 16.0 Å². The Morgan fingerprint density at radius 2 is 1.25 bits per heavy atom. The second-order valence-electron chi connectivity index (χ2n) is 6.29. The maximum absolute atomic E-state index is 12.4. The van der Waals surface area contributed by atoms with E-state index in [0.717, 1.165) is 0 Å². The first-order valence-corrected chi connectivity index (χ1v) is 8.28. The molecule has 0 rings (SSSR count). The van der Waals surface area contributed by atoms with E-state index in [9.17, 15) is 28.8 Å². The van der Waals surface area contributed by atoms with Crippen molar-refractivity contribution in [2.45, 2.75) is 44.8 Å². The molecule has 0 aliphatic heterocycles. The topological polar surface area (TPSA) is 237 Å². The van der Waals surface area contributed by atoms with Gasteiger partial charge in [-0.25, -0.2) is 4.79 Å². The van der Waals surface area contributed by atoms with E-state index in [1.165, 1.54) is 0 Å². The lowest BCUT2D eigenvalue weighted by Crippen LogP contribution is -2.58. The summed E-state index contributed by atoms with van der Waals surface area (Å²) in [6.07, 6.45) is -1.23. The Labute approximate surface area is 160 Å². The number of nitrogens with two attached hydrogens (primary N) is 3. The van der Waals surface area contributed by atoms with Gasteiger partial charge in [0.05, 0.1) is 19.4 Å². The molecule has 0 heterocycles. The molecule has 5 amide bonds. The average Bonchev–Trinajstić information content (AvgIpc) is 2.56. The van der Waals surface area contributed by atoms with Gasteiger partial charge in [-0.3, -0.25) is 24.0 Å². The Morgan fingerprint density at radius 3 is 1.61 bits per heavy atom. The number of hydrogen-bond acceptors (Lipinski definition) is 7. The van der Waals surface area contributed by atoms with Crippen LogP contribution in [0.15, 0.2) is 0 Å². The third kappa shape index (κ3) is 8.93. The second kappa shape index (κ2) is 11.5. The normalized spacial score (nSPS) is 13.7. The summed E-state index contributed by atoms with van der Waals surface area (Å²) in [6.45, 7) is 2.63. The van der Waals surface area contributed by atoms with Crippen LogP contribution in [0.5, 0.6) is 0 Å². The standard InChI is InChI=1S/C15H26N6O7/c1-6(2)12(15(27)28)21-14(26)8(4-10(18)23)20-13(25)7(3-9(17)22)19-11(24)5-16/h6-8,12H,3-5,16H2,1-2H3,(H2,17,22)(H2,18,23)(H,19,24)(H,20,25)(H,21,26)(H,27,28). The van der Waals surface area contributed by atoms with E-state index in [1.807, 2.05) is 0 Å². The summed E-state index contributed by atoms with van der Waals surface area (Å²) >= 11 is 0. The van der Waals surface area contributed by atoms with Gasteiger partial charge in [-0.05, 0) is 5.92 Å². The van der Waals surface area contributed by atoms with Crippen LogP contribution in [0.25, 0.3) is 0 Å². The van der Waals surface area contributed by atoms with Crippen molar-refractivity contribution in [1.29, 1.82) is 0 Å². The van der Waals surface area contributed by atoms with Gasteiger partial charge in [-0.1, -0.05) is 13.8 Å². The quantitative estimate of drug-likeness (QED) is 0.169. The lowest BCUT2D eigenvalue weighted by molar-refractivity contribution is -0.143. The van der Waals surface area contributed by atoms with Crippen molar-refractivity contribution in [3.8, 4) is 0 Å². The van der Waals surface area contributed by atoms with Crippen LogP contribution in [-0.2, 0) is 28.8 Å². The number of nitrogens with one attached hydrogen (secondary N) is 3. The van der Waals surface area contributed by atoms with Crippen LogP contribution >= 0.6 is 0 Å². The van der Waals surface area contributed by atoms with Gasteiger partial charge in [-0.15, -0.1) is 0 Å². The van der Waals surface area contributed by atoms with Gasteiger partial charge in [0.1, 0.15) is 18.1 Å². The minimum atomic E-state index is -1.53. The summed E-state index contributed by atoms with van der Waals surface area (Å²) in [5, 5.41) is 15.7. The molecule has 0 bridgehead atoms. The number of hydrogen-bond donors (Lipinski definition) is 7. The number of amides is 5. The SMILES string of the molecule is CC(C)C(NC(=O)C(CC(N)=O)NC(=O)C(CC(N)=O)NC(=O)CN)C(=O)O. The van der Waals surface area contributed by atoms with Crippen molar-refractivity contribution in [3.05, 3.63) is 0 Å². The van der Waals surface area contributed by atoms with E-state index in [0.29, 0.717) is 0 Å². The van der Waals surface area contributed by atoms with Gasteiger partial charge < -0.3 is 38.3 Å². The van der Waals surface area contributed by atoms with Crippen molar-refractivity contribution < 1.29 is 33.9 Å². The van der Waals surface area contributed by atoms with Gasteiger partial charge in [-0.2, -0.15) is 0 Å². The maximum Gasteiger partial charge on any atom is 0.326 e. The molecule has 28 heavy (non-hydrogen) atoms. The van der Waals surface area contributed by atoms with E-state index < -0.39 is 78.9 Å². The van der Waals surface area contributed by atoms with Crippen LogP contribution in [0.1, 0.15) is 26.7 Å². The number of carbonyl (C=O) groups is 6. The summed E-state index contributed by atoms with van der Waals surface area (Å²) in [6, 6.07) is -4.26. The molecule has 0 aromatic rings. The Kier molecular flexibility index (Phi) is 10.2. The minimum absolute atomic E-state index is 0.470. The highest BCUT2D eigenvalue weighted by Gasteiger charge is 2.32. The molecule has 13 heteroatoms. The Morgan fingerprint density at radius 1 is 0.821 bits per heavy atom. The highest BCUT2D eigenvalue weighted by molar-refractivity contribution is 5.97. The number of aliphatic carboxylic acids is 1. The number of rotatable bonds is 12. The van der Waals surface area contributed by atoms with Crippen LogP contribution in [0.2, 0.25) is 0 Å². The van der Waals surface area contributed by atoms with Gasteiger partial charge in [0, 0.05) is 0 Å². The molecular weight excluding hydrogens is 376 g/mol. The zero-order valence-electron chi connectivity index (χ0n) is 15.6. The summed E-state index contributed by atoms with van der Waals surface area (Å²) in [5.41, 5.74) is 15.2. The number of carbonyl (C=O) groups excluding carboxylic acids is 5. The monoisotopic (exact) mass is 402 g/mol. The third-order valence-electron chi connectivity index (χ3n) is 3.51. The highest BCUT2D eigenvalue weighted by Crippen LogP contribution is 2.04. The Balaban J connectivity index is 5.41. The average molecular weight is 402 g/mol. The van der Waals surface area contributed by atoms with E-state index in [4.69, 9.17) is 22.3 Å². The Hall–Kier alpha value is -3.22. The first-order valence-electron chi connectivity index (χ1n) is 8.28. The fourth-order valence-corrected chi connectivity index (χ4v) is 2.11. The van der Waals surface area contributed by atoms with Crippen LogP contribution in [0.3, 0.4) is 0 Å². The maximum atomic E-state index is 12.4. The predicted octanol–water partition coefficient (Wildman–Crippen LogP) is -4.11. The van der Waals surface area contributed by atoms with E-state index in [1.54, 1.807) is 13.8 Å². The predicted molar refractivity (Wildman–Crippen MR) is 94.9 cm³/mol. The molecule has 0 saturated heterocycles. The fourth-order valence-electron chi connectivity index (χ4n) is 2.11. The molecule has 0 aromatic heterocycles. The highest BCUT2D eigenvalue weighted by atomic mass is 16.4. The van der Waals surface area contributed by atoms with Crippen molar-refractivity contribution >= 4 is 35.5 Å². The lowest BCUT2D eigenvalue weighted by Gasteiger charge is -2.24. The molecule has 0 aromatic carbocycles. The first-order chi connectivity index (χ1) is 12.9. The van der Waals surface area contributed by atoms with Crippen molar-refractivity contribution in [3.63, 3.8) is 0 Å². The molecule has 3 unspecified atom stereocenters. The molecule has 0 saturated carbocycles. The zero-order valence-corrected chi connectivity index (χ0v) is 15.6. The molecule has 158 valence electrons. The lowest BCUT2D eigenvalue weighted by atomic mass is 10.0. The summed E-state index contributed by atoms with van der Waals surface area (Å²) in [5.74, 6) is -6.40. The Bertz CT molecular complexity index is 636. The largest absolute Gasteiger partial charge is 0.480 e. The summed E-state index contributed by atoms with van der Waals surface area (Å²) < 4.78 is 0. The second-order valence-corrected chi connectivity index (χ2v) is 6.29. The molecular formula is C15H26N6O7. The third-order valence-corrected chi connectivity index (χ3v) is 3.51. The van der Waals surface area contributed by atoms with E-state index >= 15 is 0 Å².